The first-order valence-corrected chi connectivity index (χ1v) is 8.59. The Morgan fingerprint density at radius 1 is 0.857 bits per heavy atom. The largest absolute Gasteiger partial charge is 0.497 e. The van der Waals surface area contributed by atoms with Gasteiger partial charge < -0.3 is 20.7 Å². The maximum Gasteiger partial charge on any atom is 0.274 e. The number of ether oxygens (including phenoxy) is 1. The fourth-order valence-corrected chi connectivity index (χ4v) is 2.50. The highest BCUT2D eigenvalue weighted by molar-refractivity contribution is 6.03. The van der Waals surface area contributed by atoms with Gasteiger partial charge in [-0.3, -0.25) is 9.59 Å². The van der Waals surface area contributed by atoms with Gasteiger partial charge in [0.1, 0.15) is 11.4 Å². The molecule has 0 spiro atoms. The van der Waals surface area contributed by atoms with Crippen molar-refractivity contribution in [3.8, 4) is 5.75 Å². The molecule has 0 saturated carbocycles. The van der Waals surface area contributed by atoms with E-state index < -0.39 is 0 Å². The van der Waals surface area contributed by atoms with E-state index in [2.05, 4.69) is 20.9 Å². The Morgan fingerprint density at radius 2 is 1.57 bits per heavy atom. The van der Waals surface area contributed by atoms with Crippen molar-refractivity contribution >= 4 is 34.6 Å². The Hall–Kier alpha value is -3.87. The zero-order chi connectivity index (χ0) is 19.9. The quantitative estimate of drug-likeness (QED) is 0.604. The molecule has 0 aliphatic rings. The van der Waals surface area contributed by atoms with Crippen LogP contribution in [0.25, 0.3) is 0 Å². The SMILES string of the molecule is COc1cccc(NC(=O)c2ccc(Nc3ccc(NC(C)=O)cc3)cn2)c1. The highest BCUT2D eigenvalue weighted by atomic mass is 16.5. The molecule has 3 aromatic rings. The van der Waals surface area contributed by atoms with Crippen LogP contribution in [-0.2, 0) is 4.79 Å². The third kappa shape index (κ3) is 5.07. The van der Waals surface area contributed by atoms with E-state index in [1.807, 2.05) is 12.1 Å². The maximum absolute atomic E-state index is 12.3. The first kappa shape index (κ1) is 18.9. The van der Waals surface area contributed by atoms with E-state index in [-0.39, 0.29) is 11.8 Å². The molecular formula is C21H20N4O3. The number of anilines is 4. The maximum atomic E-state index is 12.3. The molecule has 0 saturated heterocycles. The number of hydrogen-bond donors (Lipinski definition) is 3. The summed E-state index contributed by atoms with van der Waals surface area (Å²) in [6.45, 7) is 1.46. The van der Waals surface area contributed by atoms with Gasteiger partial charge in [0, 0.05) is 30.1 Å². The van der Waals surface area contributed by atoms with E-state index in [1.54, 1.807) is 61.8 Å². The van der Waals surface area contributed by atoms with E-state index in [9.17, 15) is 9.59 Å². The second kappa shape index (κ2) is 8.68. The molecule has 28 heavy (non-hydrogen) atoms. The zero-order valence-corrected chi connectivity index (χ0v) is 15.5. The van der Waals surface area contributed by atoms with Crippen LogP contribution < -0.4 is 20.7 Å². The molecule has 0 fully saturated rings. The van der Waals surface area contributed by atoms with Gasteiger partial charge in [-0.2, -0.15) is 0 Å². The van der Waals surface area contributed by atoms with Crippen molar-refractivity contribution in [3.63, 3.8) is 0 Å². The molecule has 7 heteroatoms. The highest BCUT2D eigenvalue weighted by Crippen LogP contribution is 2.20. The van der Waals surface area contributed by atoms with E-state index in [1.165, 1.54) is 6.92 Å². The van der Waals surface area contributed by atoms with Gasteiger partial charge in [-0.1, -0.05) is 6.07 Å². The van der Waals surface area contributed by atoms with Crippen LogP contribution in [0.2, 0.25) is 0 Å². The lowest BCUT2D eigenvalue weighted by Crippen LogP contribution is -2.13. The summed E-state index contributed by atoms with van der Waals surface area (Å²) < 4.78 is 5.14. The average Bonchev–Trinajstić information content (AvgIpc) is 2.70. The van der Waals surface area contributed by atoms with Crippen molar-refractivity contribution in [2.75, 3.05) is 23.1 Å². The Morgan fingerprint density at radius 3 is 2.21 bits per heavy atom. The predicted molar refractivity (Wildman–Crippen MR) is 109 cm³/mol. The summed E-state index contributed by atoms with van der Waals surface area (Å²) in [7, 11) is 1.57. The number of benzene rings is 2. The van der Waals surface area contributed by atoms with Crippen LogP contribution in [-0.4, -0.2) is 23.9 Å². The van der Waals surface area contributed by atoms with Gasteiger partial charge >= 0.3 is 0 Å². The van der Waals surface area contributed by atoms with Crippen molar-refractivity contribution < 1.29 is 14.3 Å². The molecule has 2 aromatic carbocycles. The number of carbonyl (C=O) groups excluding carboxylic acids is 2. The second-order valence-corrected chi connectivity index (χ2v) is 6.00. The molecule has 1 aromatic heterocycles. The lowest BCUT2D eigenvalue weighted by Gasteiger charge is -2.09. The standard InChI is InChI=1S/C21H20N4O3/c1-14(26)23-15-6-8-16(9-7-15)24-18-10-11-20(22-13-18)21(27)25-17-4-3-5-19(12-17)28-2/h3-13,24H,1-2H3,(H,23,26)(H,25,27). The minimum Gasteiger partial charge on any atom is -0.497 e. The molecule has 2 amide bonds. The topological polar surface area (TPSA) is 92.4 Å². The predicted octanol–water partition coefficient (Wildman–Crippen LogP) is 4.04. The highest BCUT2D eigenvalue weighted by Gasteiger charge is 2.08. The molecule has 0 atom stereocenters. The van der Waals surface area contributed by atoms with Crippen LogP contribution in [0.15, 0.2) is 66.9 Å². The van der Waals surface area contributed by atoms with Gasteiger partial charge in [-0.05, 0) is 48.5 Å². The number of nitrogens with one attached hydrogen (secondary N) is 3. The fraction of sp³-hybridized carbons (Fsp3) is 0.0952. The van der Waals surface area contributed by atoms with Crippen LogP contribution in [0.1, 0.15) is 17.4 Å². The number of pyridine rings is 1. The van der Waals surface area contributed by atoms with E-state index in [0.717, 1.165) is 17.1 Å². The summed E-state index contributed by atoms with van der Waals surface area (Å²) in [6, 6.07) is 17.8. The summed E-state index contributed by atoms with van der Waals surface area (Å²) in [6.07, 6.45) is 1.59. The van der Waals surface area contributed by atoms with Gasteiger partial charge in [0.25, 0.3) is 5.91 Å². The van der Waals surface area contributed by atoms with Gasteiger partial charge in [0.05, 0.1) is 19.0 Å². The second-order valence-electron chi connectivity index (χ2n) is 6.00. The lowest BCUT2D eigenvalue weighted by molar-refractivity contribution is -0.114. The third-order valence-corrected chi connectivity index (χ3v) is 3.82. The Balaban J connectivity index is 1.62. The van der Waals surface area contributed by atoms with E-state index >= 15 is 0 Å². The molecule has 0 radical (unpaired) electrons. The van der Waals surface area contributed by atoms with E-state index in [4.69, 9.17) is 4.74 Å². The van der Waals surface area contributed by atoms with Crippen molar-refractivity contribution in [3.05, 3.63) is 72.6 Å². The Labute approximate surface area is 162 Å². The average molecular weight is 376 g/mol. The van der Waals surface area contributed by atoms with Crippen LogP contribution in [0.4, 0.5) is 22.7 Å². The molecule has 3 rings (SSSR count). The molecule has 7 nitrogen and oxygen atoms in total. The molecule has 0 aliphatic carbocycles. The fourth-order valence-electron chi connectivity index (χ4n) is 2.50. The number of hydrogen-bond acceptors (Lipinski definition) is 5. The van der Waals surface area contributed by atoms with Crippen LogP contribution in [0.5, 0.6) is 5.75 Å². The van der Waals surface area contributed by atoms with Crippen molar-refractivity contribution in [2.24, 2.45) is 0 Å². The smallest absolute Gasteiger partial charge is 0.274 e. The van der Waals surface area contributed by atoms with Gasteiger partial charge in [0.15, 0.2) is 0 Å². The summed E-state index contributed by atoms with van der Waals surface area (Å²) in [5, 5.41) is 8.69. The van der Waals surface area contributed by atoms with E-state index in [0.29, 0.717) is 17.1 Å². The van der Waals surface area contributed by atoms with Gasteiger partial charge in [0.2, 0.25) is 5.91 Å². The van der Waals surface area contributed by atoms with Crippen molar-refractivity contribution in [1.29, 1.82) is 0 Å². The summed E-state index contributed by atoms with van der Waals surface area (Å²) in [5.74, 6) is 0.238. The molecule has 1 heterocycles. The minimum atomic E-state index is -0.306. The monoisotopic (exact) mass is 376 g/mol. The number of nitrogens with zero attached hydrogens (tertiary/aromatic N) is 1. The molecular weight excluding hydrogens is 356 g/mol. The van der Waals surface area contributed by atoms with Gasteiger partial charge in [-0.15, -0.1) is 0 Å². The molecule has 142 valence electrons. The number of amides is 2. The third-order valence-electron chi connectivity index (χ3n) is 3.82. The number of aromatic nitrogens is 1. The van der Waals surface area contributed by atoms with Crippen molar-refractivity contribution in [1.82, 2.24) is 4.98 Å². The first-order chi connectivity index (χ1) is 13.5. The lowest BCUT2D eigenvalue weighted by atomic mass is 10.2. The summed E-state index contributed by atoms with van der Waals surface area (Å²) in [4.78, 5) is 27.6. The summed E-state index contributed by atoms with van der Waals surface area (Å²) in [5.41, 5.74) is 3.23. The molecule has 0 unspecified atom stereocenters. The molecule has 0 aliphatic heterocycles. The number of rotatable bonds is 6. The number of methoxy groups -OCH3 is 1. The Kier molecular flexibility index (Phi) is 5.86. The Bertz CT molecular complexity index is 970. The first-order valence-electron chi connectivity index (χ1n) is 8.59. The van der Waals surface area contributed by atoms with Crippen LogP contribution in [0.3, 0.4) is 0 Å². The molecule has 3 N–H and O–H groups in total. The van der Waals surface area contributed by atoms with Crippen LogP contribution >= 0.6 is 0 Å². The zero-order valence-electron chi connectivity index (χ0n) is 15.5. The van der Waals surface area contributed by atoms with Crippen LogP contribution in [0, 0.1) is 0 Å². The van der Waals surface area contributed by atoms with Gasteiger partial charge in [-0.25, -0.2) is 4.98 Å². The molecule has 0 bridgehead atoms. The minimum absolute atomic E-state index is 0.118. The number of carbonyl (C=O) groups is 2. The normalized spacial score (nSPS) is 10.1. The van der Waals surface area contributed by atoms with Crippen molar-refractivity contribution in [2.45, 2.75) is 6.92 Å². The summed E-state index contributed by atoms with van der Waals surface area (Å²) >= 11 is 0.